The maximum Gasteiger partial charge on any atom is -0.0173 e. The second-order valence-electron chi connectivity index (χ2n) is 5.37. The van der Waals surface area contributed by atoms with Gasteiger partial charge in [0.15, 0.2) is 0 Å². The number of rotatable bonds is 9. The van der Waals surface area contributed by atoms with Gasteiger partial charge >= 0.3 is 0 Å². The quantitative estimate of drug-likeness (QED) is 0.469. The molecule has 0 heterocycles. The highest BCUT2D eigenvalue weighted by Crippen LogP contribution is 2.63. The van der Waals surface area contributed by atoms with Crippen LogP contribution in [-0.4, -0.2) is 0 Å². The van der Waals surface area contributed by atoms with E-state index in [1.54, 1.807) is 0 Å². The van der Waals surface area contributed by atoms with Crippen molar-refractivity contribution in [3.8, 4) is 0 Å². The van der Waals surface area contributed by atoms with Crippen LogP contribution in [0.2, 0.25) is 0 Å². The van der Waals surface area contributed by atoms with Gasteiger partial charge < -0.3 is 0 Å². The highest BCUT2D eigenvalue weighted by atomic mass is 14.6. The minimum atomic E-state index is 0.737. The van der Waals surface area contributed by atoms with Crippen molar-refractivity contribution in [1.29, 1.82) is 0 Å². The Labute approximate surface area is 96.8 Å². The van der Waals surface area contributed by atoms with Crippen LogP contribution in [-0.2, 0) is 0 Å². The van der Waals surface area contributed by atoms with Gasteiger partial charge in [-0.2, -0.15) is 0 Å². The maximum absolute atomic E-state index is 2.32. The van der Waals surface area contributed by atoms with E-state index >= 15 is 0 Å². The molecule has 0 amide bonds. The normalized spacial score (nSPS) is 19.4. The standard InChI is InChI=1S/C15H29/c1-4-7-10-14-13-15(14,11-8-5-2)12-9-6-3/h4-13H2,1-3H3. The Balaban J connectivity index is 2.29. The average Bonchev–Trinajstić information content (AvgIpc) is 2.95. The lowest BCUT2D eigenvalue weighted by molar-refractivity contribution is 0.399. The third kappa shape index (κ3) is 3.81. The second kappa shape index (κ2) is 6.55. The van der Waals surface area contributed by atoms with E-state index < -0.39 is 0 Å². The summed E-state index contributed by atoms with van der Waals surface area (Å²) in [6.45, 7) is 6.95. The van der Waals surface area contributed by atoms with Crippen LogP contribution in [0.15, 0.2) is 0 Å². The molecule has 0 aliphatic heterocycles. The highest BCUT2D eigenvalue weighted by molar-refractivity contribution is 5.24. The summed E-state index contributed by atoms with van der Waals surface area (Å²) >= 11 is 0. The van der Waals surface area contributed by atoms with Crippen LogP contribution in [0.1, 0.15) is 85.0 Å². The highest BCUT2D eigenvalue weighted by Gasteiger charge is 2.51. The molecule has 0 unspecified atom stereocenters. The monoisotopic (exact) mass is 209 g/mol. The molecular formula is C15H29. The van der Waals surface area contributed by atoms with Gasteiger partial charge in [0.05, 0.1) is 0 Å². The van der Waals surface area contributed by atoms with Crippen LogP contribution >= 0.6 is 0 Å². The Hall–Kier alpha value is 0. The van der Waals surface area contributed by atoms with E-state index in [4.69, 9.17) is 0 Å². The van der Waals surface area contributed by atoms with Gasteiger partial charge in [0, 0.05) is 0 Å². The molecule has 0 spiro atoms. The zero-order chi connectivity index (χ0) is 11.1. The van der Waals surface area contributed by atoms with Crippen LogP contribution in [0.3, 0.4) is 0 Å². The minimum Gasteiger partial charge on any atom is -0.0654 e. The first-order chi connectivity index (χ1) is 7.29. The molecule has 1 aliphatic carbocycles. The first kappa shape index (κ1) is 13.1. The van der Waals surface area contributed by atoms with Crippen LogP contribution in [0.4, 0.5) is 0 Å². The van der Waals surface area contributed by atoms with Crippen molar-refractivity contribution in [2.75, 3.05) is 0 Å². The Morgan fingerprint density at radius 2 is 1.40 bits per heavy atom. The van der Waals surface area contributed by atoms with Crippen LogP contribution in [0.5, 0.6) is 0 Å². The van der Waals surface area contributed by atoms with Gasteiger partial charge in [-0.25, -0.2) is 0 Å². The number of hydrogen-bond acceptors (Lipinski definition) is 0. The van der Waals surface area contributed by atoms with E-state index in [2.05, 4.69) is 20.8 Å². The maximum atomic E-state index is 2.32. The Morgan fingerprint density at radius 1 is 0.867 bits per heavy atom. The van der Waals surface area contributed by atoms with Crippen LogP contribution in [0, 0.1) is 11.3 Å². The summed E-state index contributed by atoms with van der Waals surface area (Å²) in [5.41, 5.74) is 0.737. The first-order valence-corrected chi connectivity index (χ1v) is 7.14. The Morgan fingerprint density at radius 3 is 1.87 bits per heavy atom. The summed E-state index contributed by atoms with van der Waals surface area (Å²) in [5, 5.41) is 0. The smallest absolute Gasteiger partial charge is 0.0173 e. The average molecular weight is 209 g/mol. The summed E-state index contributed by atoms with van der Waals surface area (Å²) in [6.07, 6.45) is 14.3. The SMILES string of the molecule is CCCC[C]1CC1(CCCC)CCCC. The molecule has 15 heavy (non-hydrogen) atoms. The molecule has 0 nitrogen and oxygen atoms in total. The van der Waals surface area contributed by atoms with E-state index in [0.717, 1.165) is 5.41 Å². The Bertz CT molecular complexity index is 151. The topological polar surface area (TPSA) is 0 Å². The van der Waals surface area contributed by atoms with Gasteiger partial charge in [-0.3, -0.25) is 0 Å². The van der Waals surface area contributed by atoms with Gasteiger partial charge in [0.25, 0.3) is 0 Å². The first-order valence-electron chi connectivity index (χ1n) is 7.14. The molecule has 89 valence electrons. The van der Waals surface area contributed by atoms with E-state index in [0.29, 0.717) is 0 Å². The van der Waals surface area contributed by atoms with Crippen molar-refractivity contribution < 1.29 is 0 Å². The molecule has 0 bridgehead atoms. The fraction of sp³-hybridized carbons (Fsp3) is 0.933. The van der Waals surface area contributed by atoms with Crippen molar-refractivity contribution in [2.24, 2.45) is 5.41 Å². The molecule has 0 N–H and O–H groups in total. The van der Waals surface area contributed by atoms with Crippen molar-refractivity contribution in [3.05, 3.63) is 5.92 Å². The summed E-state index contributed by atoms with van der Waals surface area (Å²) in [7, 11) is 0. The summed E-state index contributed by atoms with van der Waals surface area (Å²) < 4.78 is 0. The molecule has 0 aromatic heterocycles. The predicted molar refractivity (Wildman–Crippen MR) is 68.9 cm³/mol. The van der Waals surface area contributed by atoms with Gasteiger partial charge in [0.2, 0.25) is 0 Å². The zero-order valence-corrected chi connectivity index (χ0v) is 11.1. The molecule has 0 saturated heterocycles. The van der Waals surface area contributed by atoms with E-state index in [-0.39, 0.29) is 0 Å². The molecule has 1 rings (SSSR count). The van der Waals surface area contributed by atoms with E-state index in [1.165, 1.54) is 64.2 Å². The van der Waals surface area contributed by atoms with Crippen molar-refractivity contribution in [2.45, 2.75) is 85.0 Å². The third-order valence-electron chi connectivity index (χ3n) is 4.03. The minimum absolute atomic E-state index is 0.737. The Kier molecular flexibility index (Phi) is 5.71. The molecule has 0 heteroatoms. The number of hydrogen-bond donors (Lipinski definition) is 0. The predicted octanol–water partition coefficient (Wildman–Crippen LogP) is 5.52. The fourth-order valence-corrected chi connectivity index (χ4v) is 2.79. The van der Waals surface area contributed by atoms with Crippen molar-refractivity contribution >= 4 is 0 Å². The van der Waals surface area contributed by atoms with Gasteiger partial charge in [-0.15, -0.1) is 0 Å². The lowest BCUT2D eigenvalue weighted by Gasteiger charge is -2.16. The van der Waals surface area contributed by atoms with Crippen LogP contribution in [0.25, 0.3) is 0 Å². The summed E-state index contributed by atoms with van der Waals surface area (Å²) in [5.74, 6) is 1.92. The summed E-state index contributed by atoms with van der Waals surface area (Å²) in [4.78, 5) is 0. The van der Waals surface area contributed by atoms with Gasteiger partial charge in [-0.1, -0.05) is 59.3 Å². The van der Waals surface area contributed by atoms with Gasteiger partial charge in [-0.05, 0) is 37.0 Å². The fourth-order valence-electron chi connectivity index (χ4n) is 2.79. The molecular weight excluding hydrogens is 180 g/mol. The molecule has 1 aliphatic rings. The summed E-state index contributed by atoms with van der Waals surface area (Å²) in [6, 6.07) is 0. The van der Waals surface area contributed by atoms with Crippen molar-refractivity contribution in [1.82, 2.24) is 0 Å². The van der Waals surface area contributed by atoms with Crippen LogP contribution < -0.4 is 0 Å². The van der Waals surface area contributed by atoms with E-state index in [1.807, 2.05) is 5.92 Å². The lowest BCUT2D eigenvalue weighted by Crippen LogP contribution is -2.03. The third-order valence-corrected chi connectivity index (χ3v) is 4.03. The van der Waals surface area contributed by atoms with Crippen molar-refractivity contribution in [3.63, 3.8) is 0 Å². The van der Waals surface area contributed by atoms with E-state index in [9.17, 15) is 0 Å². The second-order valence-corrected chi connectivity index (χ2v) is 5.37. The lowest BCUT2D eigenvalue weighted by atomic mass is 9.89. The van der Waals surface area contributed by atoms with Gasteiger partial charge in [0.1, 0.15) is 0 Å². The molecule has 1 radical (unpaired) electrons. The largest absolute Gasteiger partial charge is 0.0654 e. The zero-order valence-electron chi connectivity index (χ0n) is 11.1. The molecule has 1 fully saturated rings. The molecule has 0 aromatic rings. The molecule has 0 atom stereocenters. The molecule has 0 aromatic carbocycles. The molecule has 1 saturated carbocycles. The number of unbranched alkanes of at least 4 members (excludes halogenated alkanes) is 3.